The van der Waals surface area contributed by atoms with Gasteiger partial charge in [-0.05, 0) is 17.7 Å². The van der Waals surface area contributed by atoms with Crippen LogP contribution in [0.1, 0.15) is 5.56 Å². The minimum atomic E-state index is 0.553. The van der Waals surface area contributed by atoms with Gasteiger partial charge in [-0.15, -0.1) is 0 Å². The number of halogens is 1. The topological polar surface area (TPSA) is 30.9 Å². The molecule has 0 unspecified atom stereocenters. The van der Waals surface area contributed by atoms with Gasteiger partial charge in [0.25, 0.3) is 0 Å². The number of rotatable bonds is 1. The van der Waals surface area contributed by atoms with Crippen molar-refractivity contribution in [2.45, 2.75) is 6.54 Å². The first-order valence-corrected chi connectivity index (χ1v) is 4.54. The summed E-state index contributed by atoms with van der Waals surface area (Å²) in [6, 6.07) is 8.03. The molecule has 0 saturated carbocycles. The van der Waals surface area contributed by atoms with Crippen molar-refractivity contribution in [3.63, 3.8) is 0 Å². The van der Waals surface area contributed by atoms with E-state index >= 15 is 0 Å². The van der Waals surface area contributed by atoms with Crippen LogP contribution in [0.2, 0.25) is 5.15 Å². The summed E-state index contributed by atoms with van der Waals surface area (Å²) < 4.78 is 1.95. The minimum Gasteiger partial charge on any atom is -0.335 e. The van der Waals surface area contributed by atoms with Crippen molar-refractivity contribution < 1.29 is 0 Å². The third-order valence-electron chi connectivity index (χ3n) is 2.34. The lowest BCUT2D eigenvalue weighted by molar-refractivity contribution is 0.969. The summed E-state index contributed by atoms with van der Waals surface area (Å²) in [4.78, 5) is 0. The molecule has 0 radical (unpaired) electrons. The predicted molar refractivity (Wildman–Crippen MR) is 55.8 cm³/mol. The SMILES string of the molecule is Cn1c(Cl)cc2c(CN)cccc21. The molecule has 13 heavy (non-hydrogen) atoms. The first-order chi connectivity index (χ1) is 6.24. The first-order valence-electron chi connectivity index (χ1n) is 4.17. The molecule has 0 amide bonds. The molecule has 3 heteroatoms. The molecule has 2 aromatic rings. The molecule has 0 aliphatic carbocycles. The van der Waals surface area contributed by atoms with Gasteiger partial charge in [0.05, 0.1) is 0 Å². The Hall–Kier alpha value is -0.990. The number of nitrogens with zero attached hydrogens (tertiary/aromatic N) is 1. The Morgan fingerprint density at radius 2 is 2.23 bits per heavy atom. The van der Waals surface area contributed by atoms with Crippen LogP contribution < -0.4 is 5.73 Å². The number of aromatic nitrogens is 1. The summed E-state index contributed by atoms with van der Waals surface area (Å²) in [6.07, 6.45) is 0. The van der Waals surface area contributed by atoms with Gasteiger partial charge in [-0.1, -0.05) is 23.7 Å². The van der Waals surface area contributed by atoms with E-state index in [1.165, 1.54) is 0 Å². The molecule has 2 rings (SSSR count). The van der Waals surface area contributed by atoms with Gasteiger partial charge in [-0.2, -0.15) is 0 Å². The van der Waals surface area contributed by atoms with Crippen molar-refractivity contribution in [1.82, 2.24) is 4.57 Å². The zero-order valence-electron chi connectivity index (χ0n) is 7.42. The van der Waals surface area contributed by atoms with Crippen LogP contribution in [0.4, 0.5) is 0 Å². The zero-order chi connectivity index (χ0) is 9.42. The van der Waals surface area contributed by atoms with E-state index in [1.54, 1.807) is 0 Å². The van der Waals surface area contributed by atoms with Crippen molar-refractivity contribution in [2.75, 3.05) is 0 Å². The van der Waals surface area contributed by atoms with Crippen LogP contribution in [0, 0.1) is 0 Å². The van der Waals surface area contributed by atoms with Crippen molar-refractivity contribution in [3.8, 4) is 0 Å². The van der Waals surface area contributed by atoms with Gasteiger partial charge in [0.2, 0.25) is 0 Å². The average molecular weight is 195 g/mol. The van der Waals surface area contributed by atoms with Crippen molar-refractivity contribution in [1.29, 1.82) is 0 Å². The number of nitrogens with two attached hydrogens (primary N) is 1. The molecular formula is C10H11ClN2. The Morgan fingerprint density at radius 1 is 1.46 bits per heavy atom. The van der Waals surface area contributed by atoms with Crippen LogP contribution >= 0.6 is 11.6 Å². The molecule has 0 aliphatic heterocycles. The molecule has 0 atom stereocenters. The second kappa shape index (κ2) is 3.05. The molecule has 2 nitrogen and oxygen atoms in total. The second-order valence-electron chi connectivity index (χ2n) is 3.08. The summed E-state index contributed by atoms with van der Waals surface area (Å²) in [5, 5.41) is 1.90. The third-order valence-corrected chi connectivity index (χ3v) is 2.70. The highest BCUT2D eigenvalue weighted by Crippen LogP contribution is 2.24. The minimum absolute atomic E-state index is 0.553. The monoisotopic (exact) mass is 194 g/mol. The Labute approximate surface area is 81.9 Å². The van der Waals surface area contributed by atoms with Gasteiger partial charge in [-0.25, -0.2) is 0 Å². The Kier molecular flexibility index (Phi) is 2.02. The zero-order valence-corrected chi connectivity index (χ0v) is 8.17. The standard InChI is InChI=1S/C10H11ClN2/c1-13-9-4-2-3-7(6-12)8(9)5-10(13)11/h2-5H,6,12H2,1H3. The first kappa shape index (κ1) is 8.60. The highest BCUT2D eigenvalue weighted by atomic mass is 35.5. The second-order valence-corrected chi connectivity index (χ2v) is 3.47. The molecule has 1 heterocycles. The van der Waals surface area contributed by atoms with Crippen molar-refractivity contribution in [3.05, 3.63) is 35.0 Å². The van der Waals surface area contributed by atoms with E-state index in [1.807, 2.05) is 35.9 Å². The molecule has 0 bridgehead atoms. The number of benzene rings is 1. The van der Waals surface area contributed by atoms with E-state index in [0.29, 0.717) is 6.54 Å². The number of hydrogen-bond donors (Lipinski definition) is 1. The predicted octanol–water partition coefficient (Wildman–Crippen LogP) is 2.29. The van der Waals surface area contributed by atoms with E-state index in [0.717, 1.165) is 21.6 Å². The quantitative estimate of drug-likeness (QED) is 0.742. The van der Waals surface area contributed by atoms with Crippen LogP contribution in [0.25, 0.3) is 10.9 Å². The van der Waals surface area contributed by atoms with Crippen LogP contribution in [-0.2, 0) is 13.6 Å². The largest absolute Gasteiger partial charge is 0.335 e. The van der Waals surface area contributed by atoms with E-state index in [4.69, 9.17) is 17.3 Å². The highest BCUT2D eigenvalue weighted by Gasteiger charge is 2.05. The summed E-state index contributed by atoms with van der Waals surface area (Å²) in [6.45, 7) is 0.553. The lowest BCUT2D eigenvalue weighted by Gasteiger charge is -2.00. The summed E-state index contributed by atoms with van der Waals surface area (Å²) in [7, 11) is 1.95. The molecule has 1 aromatic carbocycles. The maximum atomic E-state index is 6.00. The molecule has 0 aliphatic rings. The van der Waals surface area contributed by atoms with Crippen LogP contribution in [0.3, 0.4) is 0 Å². The molecule has 2 N–H and O–H groups in total. The Bertz CT molecular complexity index is 445. The van der Waals surface area contributed by atoms with E-state index in [-0.39, 0.29) is 0 Å². The normalized spacial score (nSPS) is 11.0. The molecule has 0 spiro atoms. The lowest BCUT2D eigenvalue weighted by atomic mass is 10.1. The average Bonchev–Trinajstić information content (AvgIpc) is 2.43. The lowest BCUT2D eigenvalue weighted by Crippen LogP contribution is -1.96. The van der Waals surface area contributed by atoms with Crippen molar-refractivity contribution >= 4 is 22.5 Å². The van der Waals surface area contributed by atoms with E-state index in [2.05, 4.69) is 0 Å². The van der Waals surface area contributed by atoms with E-state index in [9.17, 15) is 0 Å². The third kappa shape index (κ3) is 1.23. The number of aryl methyl sites for hydroxylation is 1. The molecule has 0 fully saturated rings. The fourth-order valence-corrected chi connectivity index (χ4v) is 1.77. The van der Waals surface area contributed by atoms with Gasteiger partial charge in [0.1, 0.15) is 5.15 Å². The van der Waals surface area contributed by atoms with E-state index < -0.39 is 0 Å². The van der Waals surface area contributed by atoms with Crippen LogP contribution in [0.5, 0.6) is 0 Å². The smallest absolute Gasteiger partial charge is 0.109 e. The van der Waals surface area contributed by atoms with Gasteiger partial charge in [-0.3, -0.25) is 0 Å². The highest BCUT2D eigenvalue weighted by molar-refractivity contribution is 6.31. The molecular weight excluding hydrogens is 184 g/mol. The maximum absolute atomic E-state index is 6.00. The molecule has 0 saturated heterocycles. The summed E-state index contributed by atoms with van der Waals surface area (Å²) in [5.74, 6) is 0. The van der Waals surface area contributed by atoms with Crippen molar-refractivity contribution in [2.24, 2.45) is 12.8 Å². The molecule has 1 aromatic heterocycles. The van der Waals surface area contributed by atoms with Crippen LogP contribution in [0.15, 0.2) is 24.3 Å². The molecule has 68 valence electrons. The summed E-state index contributed by atoms with van der Waals surface area (Å²) in [5.41, 5.74) is 7.89. The summed E-state index contributed by atoms with van der Waals surface area (Å²) >= 11 is 6.00. The van der Waals surface area contributed by atoms with Crippen LogP contribution in [-0.4, -0.2) is 4.57 Å². The fourth-order valence-electron chi connectivity index (χ4n) is 1.57. The fraction of sp³-hybridized carbons (Fsp3) is 0.200. The van der Waals surface area contributed by atoms with Gasteiger partial charge in [0.15, 0.2) is 0 Å². The van der Waals surface area contributed by atoms with Gasteiger partial charge < -0.3 is 10.3 Å². The Morgan fingerprint density at radius 3 is 2.92 bits per heavy atom. The number of fused-ring (bicyclic) bond motifs is 1. The Balaban J connectivity index is 2.84. The van der Waals surface area contributed by atoms with Gasteiger partial charge >= 0.3 is 0 Å². The maximum Gasteiger partial charge on any atom is 0.109 e. The van der Waals surface area contributed by atoms with Gasteiger partial charge in [0, 0.05) is 24.5 Å². The number of hydrogen-bond acceptors (Lipinski definition) is 1.